The average molecular weight is 288 g/mol. The number of aromatic nitrogens is 3. The Morgan fingerprint density at radius 3 is 2.71 bits per heavy atom. The van der Waals surface area contributed by atoms with E-state index in [0.717, 1.165) is 17.6 Å². The van der Waals surface area contributed by atoms with Crippen LogP contribution >= 0.6 is 0 Å². The van der Waals surface area contributed by atoms with Crippen LogP contribution in [0.25, 0.3) is 11.0 Å². The Morgan fingerprint density at radius 2 is 2.00 bits per heavy atom. The van der Waals surface area contributed by atoms with E-state index in [2.05, 4.69) is 20.3 Å². The van der Waals surface area contributed by atoms with Gasteiger partial charge in [0.2, 0.25) is 0 Å². The number of aromatic amines is 1. The molecule has 106 valence electrons. The number of amides is 1. The molecule has 2 aromatic heterocycles. The standard InChI is InChI=1S/C14H10F2N4O/c15-8-2-1-3-9(16)13(8)14(21)18-7-12-19-10-4-5-17-6-11(10)20-12/h1-6H,7H2,(H,18,21)(H,19,20). The van der Waals surface area contributed by atoms with Gasteiger partial charge in [-0.05, 0) is 18.2 Å². The lowest BCUT2D eigenvalue weighted by atomic mass is 10.2. The smallest absolute Gasteiger partial charge is 0.257 e. The molecule has 0 unspecified atom stereocenters. The number of rotatable bonds is 3. The van der Waals surface area contributed by atoms with Gasteiger partial charge in [0.15, 0.2) is 0 Å². The zero-order valence-electron chi connectivity index (χ0n) is 10.7. The van der Waals surface area contributed by atoms with Crippen LogP contribution in [0.1, 0.15) is 16.2 Å². The second-order valence-corrected chi connectivity index (χ2v) is 4.36. The lowest BCUT2D eigenvalue weighted by Crippen LogP contribution is -2.25. The third-order valence-electron chi connectivity index (χ3n) is 2.94. The average Bonchev–Trinajstić information content (AvgIpc) is 2.87. The predicted octanol–water partition coefficient (Wildman–Crippen LogP) is 2.17. The van der Waals surface area contributed by atoms with E-state index in [4.69, 9.17) is 0 Å². The molecule has 0 fully saturated rings. The molecule has 3 rings (SSSR count). The zero-order chi connectivity index (χ0) is 14.8. The van der Waals surface area contributed by atoms with Crippen LogP contribution in [0.5, 0.6) is 0 Å². The summed E-state index contributed by atoms with van der Waals surface area (Å²) in [6.07, 6.45) is 3.20. The number of nitrogens with one attached hydrogen (secondary N) is 2. The SMILES string of the molecule is O=C(NCc1nc2ccncc2[nH]1)c1c(F)cccc1F. The maximum atomic E-state index is 13.5. The highest BCUT2D eigenvalue weighted by atomic mass is 19.1. The van der Waals surface area contributed by atoms with E-state index in [1.807, 2.05) is 0 Å². The Morgan fingerprint density at radius 1 is 1.24 bits per heavy atom. The van der Waals surface area contributed by atoms with Crippen molar-refractivity contribution in [3.8, 4) is 0 Å². The summed E-state index contributed by atoms with van der Waals surface area (Å²) >= 11 is 0. The summed E-state index contributed by atoms with van der Waals surface area (Å²) in [5.74, 6) is -2.16. The van der Waals surface area contributed by atoms with Crippen LogP contribution in [0, 0.1) is 11.6 Å². The maximum absolute atomic E-state index is 13.5. The van der Waals surface area contributed by atoms with Gasteiger partial charge in [0.25, 0.3) is 5.91 Å². The molecule has 0 aliphatic rings. The molecule has 0 atom stereocenters. The van der Waals surface area contributed by atoms with E-state index in [1.165, 1.54) is 6.07 Å². The molecule has 0 aliphatic carbocycles. The van der Waals surface area contributed by atoms with Crippen LogP contribution in [0.4, 0.5) is 8.78 Å². The van der Waals surface area contributed by atoms with Gasteiger partial charge in [-0.1, -0.05) is 6.07 Å². The summed E-state index contributed by atoms with van der Waals surface area (Å²) < 4.78 is 26.9. The Bertz CT molecular complexity index is 762. The minimum absolute atomic E-state index is 0.0291. The van der Waals surface area contributed by atoms with Crippen molar-refractivity contribution in [2.24, 2.45) is 0 Å². The second-order valence-electron chi connectivity index (χ2n) is 4.36. The molecule has 0 bridgehead atoms. The Hall–Kier alpha value is -2.83. The Balaban J connectivity index is 1.76. The minimum atomic E-state index is -0.902. The molecule has 1 aromatic carbocycles. The van der Waals surface area contributed by atoms with E-state index in [9.17, 15) is 13.6 Å². The maximum Gasteiger partial charge on any atom is 0.257 e. The summed E-state index contributed by atoms with van der Waals surface area (Å²) in [7, 11) is 0. The van der Waals surface area contributed by atoms with Crippen molar-refractivity contribution in [1.29, 1.82) is 0 Å². The van der Waals surface area contributed by atoms with Crippen LogP contribution in [0.3, 0.4) is 0 Å². The molecular weight excluding hydrogens is 278 g/mol. The van der Waals surface area contributed by atoms with E-state index in [0.29, 0.717) is 11.3 Å². The van der Waals surface area contributed by atoms with Gasteiger partial charge < -0.3 is 10.3 Å². The van der Waals surface area contributed by atoms with E-state index >= 15 is 0 Å². The molecule has 0 saturated heterocycles. The molecule has 0 radical (unpaired) electrons. The topological polar surface area (TPSA) is 70.7 Å². The van der Waals surface area contributed by atoms with Gasteiger partial charge in [-0.3, -0.25) is 9.78 Å². The summed E-state index contributed by atoms with van der Waals surface area (Å²) in [5, 5.41) is 2.42. The third kappa shape index (κ3) is 2.58. The molecular formula is C14H10F2N4O. The first-order valence-corrected chi connectivity index (χ1v) is 6.16. The highest BCUT2D eigenvalue weighted by Gasteiger charge is 2.17. The van der Waals surface area contributed by atoms with Gasteiger partial charge in [-0.15, -0.1) is 0 Å². The van der Waals surface area contributed by atoms with Crippen LogP contribution in [0.2, 0.25) is 0 Å². The number of carbonyl (C=O) groups is 1. The number of nitrogens with zero attached hydrogens (tertiary/aromatic N) is 2. The Labute approximate surface area is 118 Å². The Kier molecular flexibility index (Phi) is 3.31. The van der Waals surface area contributed by atoms with E-state index < -0.39 is 23.1 Å². The van der Waals surface area contributed by atoms with Gasteiger partial charge in [-0.25, -0.2) is 13.8 Å². The predicted molar refractivity (Wildman–Crippen MR) is 71.4 cm³/mol. The van der Waals surface area contributed by atoms with Crippen molar-refractivity contribution in [3.63, 3.8) is 0 Å². The number of hydrogen-bond donors (Lipinski definition) is 2. The molecule has 2 N–H and O–H groups in total. The number of pyridine rings is 1. The summed E-state index contributed by atoms with van der Waals surface area (Å²) in [6.45, 7) is 0.0291. The minimum Gasteiger partial charge on any atom is -0.345 e. The molecule has 5 nitrogen and oxygen atoms in total. The first-order valence-electron chi connectivity index (χ1n) is 6.16. The van der Waals surface area contributed by atoms with Crippen LogP contribution in [-0.4, -0.2) is 20.9 Å². The number of fused-ring (bicyclic) bond motifs is 1. The molecule has 2 heterocycles. The number of H-pyrrole nitrogens is 1. The lowest BCUT2D eigenvalue weighted by molar-refractivity contribution is 0.0941. The van der Waals surface area contributed by atoms with Crippen molar-refractivity contribution in [2.75, 3.05) is 0 Å². The first kappa shape index (κ1) is 13.2. The zero-order valence-corrected chi connectivity index (χ0v) is 10.7. The fraction of sp³-hybridized carbons (Fsp3) is 0.0714. The van der Waals surface area contributed by atoms with Gasteiger partial charge in [0.1, 0.15) is 23.0 Å². The highest BCUT2D eigenvalue weighted by Crippen LogP contribution is 2.12. The number of hydrogen-bond acceptors (Lipinski definition) is 3. The van der Waals surface area contributed by atoms with Crippen molar-refractivity contribution >= 4 is 16.9 Å². The monoisotopic (exact) mass is 288 g/mol. The van der Waals surface area contributed by atoms with Crippen molar-refractivity contribution in [2.45, 2.75) is 6.54 Å². The van der Waals surface area contributed by atoms with Gasteiger partial charge in [-0.2, -0.15) is 0 Å². The quantitative estimate of drug-likeness (QED) is 0.776. The molecule has 0 saturated carbocycles. The highest BCUT2D eigenvalue weighted by molar-refractivity contribution is 5.94. The summed E-state index contributed by atoms with van der Waals surface area (Å²) in [6, 6.07) is 4.98. The van der Waals surface area contributed by atoms with Gasteiger partial charge >= 0.3 is 0 Å². The first-order chi connectivity index (χ1) is 10.1. The third-order valence-corrected chi connectivity index (χ3v) is 2.94. The van der Waals surface area contributed by atoms with Crippen LogP contribution < -0.4 is 5.32 Å². The molecule has 21 heavy (non-hydrogen) atoms. The summed E-state index contributed by atoms with van der Waals surface area (Å²) in [5.41, 5.74) is 0.820. The lowest BCUT2D eigenvalue weighted by Gasteiger charge is -2.05. The van der Waals surface area contributed by atoms with Crippen molar-refractivity contribution in [3.05, 3.63) is 59.7 Å². The molecule has 0 spiro atoms. The number of imidazole rings is 1. The van der Waals surface area contributed by atoms with Gasteiger partial charge in [0.05, 0.1) is 23.8 Å². The number of benzene rings is 1. The van der Waals surface area contributed by atoms with Gasteiger partial charge in [0, 0.05) is 6.20 Å². The van der Waals surface area contributed by atoms with E-state index in [-0.39, 0.29) is 6.54 Å². The molecule has 0 aliphatic heterocycles. The molecule has 7 heteroatoms. The second kappa shape index (κ2) is 5.28. The largest absolute Gasteiger partial charge is 0.345 e. The van der Waals surface area contributed by atoms with Crippen molar-refractivity contribution in [1.82, 2.24) is 20.3 Å². The fourth-order valence-electron chi connectivity index (χ4n) is 1.96. The normalized spacial score (nSPS) is 10.8. The number of carbonyl (C=O) groups excluding carboxylic acids is 1. The number of halogens is 2. The molecule has 3 aromatic rings. The summed E-state index contributed by atoms with van der Waals surface area (Å²) in [4.78, 5) is 22.9. The van der Waals surface area contributed by atoms with Crippen molar-refractivity contribution < 1.29 is 13.6 Å². The van der Waals surface area contributed by atoms with Crippen LogP contribution in [0.15, 0.2) is 36.7 Å². The fourth-order valence-corrected chi connectivity index (χ4v) is 1.96. The van der Waals surface area contributed by atoms with Crippen LogP contribution in [-0.2, 0) is 6.54 Å². The van der Waals surface area contributed by atoms with E-state index in [1.54, 1.807) is 18.5 Å². The molecule has 1 amide bonds.